The highest BCUT2D eigenvalue weighted by atomic mass is 19.4. The van der Waals surface area contributed by atoms with E-state index in [1.807, 2.05) is 0 Å². The summed E-state index contributed by atoms with van der Waals surface area (Å²) in [5.74, 6) is -13.0. The average Bonchev–Trinajstić information content (AvgIpc) is 2.44. The van der Waals surface area contributed by atoms with Crippen LogP contribution < -0.4 is 0 Å². The van der Waals surface area contributed by atoms with Gasteiger partial charge < -0.3 is 5.11 Å². The number of aliphatic hydroxyl groups is 1. The molecule has 0 amide bonds. The molecule has 22 heavy (non-hydrogen) atoms. The van der Waals surface area contributed by atoms with E-state index in [4.69, 9.17) is 0 Å². The molecule has 0 saturated carbocycles. The molecule has 0 spiro atoms. The Morgan fingerprint density at radius 3 is 1.68 bits per heavy atom. The standard InChI is InChI=1S/C13H10F8O/c1-2-10(14,9(22)8-6-4-3-5-7-8)11(15,16)12(17,18)13(19,20)21/h2-7,9,22H,1H2/t9-,10+/m0/s1. The molecular formula is C13H10F8O. The van der Waals surface area contributed by atoms with Crippen molar-refractivity contribution in [1.82, 2.24) is 0 Å². The van der Waals surface area contributed by atoms with Crippen molar-refractivity contribution in [2.75, 3.05) is 0 Å². The highest BCUT2D eigenvalue weighted by Gasteiger charge is 2.81. The maximum absolute atomic E-state index is 14.3. The monoisotopic (exact) mass is 334 g/mol. The van der Waals surface area contributed by atoms with Crippen molar-refractivity contribution in [3.05, 3.63) is 48.6 Å². The summed E-state index contributed by atoms with van der Waals surface area (Å²) in [7, 11) is 0. The third kappa shape index (κ3) is 2.57. The first-order valence-corrected chi connectivity index (χ1v) is 5.71. The molecule has 0 radical (unpaired) electrons. The van der Waals surface area contributed by atoms with Gasteiger partial charge in [0.15, 0.2) is 0 Å². The average molecular weight is 334 g/mol. The lowest BCUT2D eigenvalue weighted by Gasteiger charge is -2.39. The fourth-order valence-electron chi connectivity index (χ4n) is 1.71. The van der Waals surface area contributed by atoms with Gasteiger partial charge in [0.05, 0.1) is 0 Å². The van der Waals surface area contributed by atoms with Gasteiger partial charge in [-0.15, -0.1) is 0 Å². The lowest BCUT2D eigenvalue weighted by molar-refractivity contribution is -0.381. The van der Waals surface area contributed by atoms with Crippen LogP contribution in [0.3, 0.4) is 0 Å². The molecule has 1 aromatic carbocycles. The van der Waals surface area contributed by atoms with E-state index >= 15 is 0 Å². The zero-order chi connectivity index (χ0) is 17.4. The van der Waals surface area contributed by atoms with E-state index in [1.165, 1.54) is 6.07 Å². The van der Waals surface area contributed by atoms with Gasteiger partial charge in [-0.1, -0.05) is 36.9 Å². The predicted octanol–water partition coefficient (Wildman–Crippen LogP) is 4.45. The van der Waals surface area contributed by atoms with Crippen molar-refractivity contribution < 1.29 is 40.2 Å². The van der Waals surface area contributed by atoms with E-state index in [0.29, 0.717) is 0 Å². The normalized spacial score (nSPS) is 17.7. The van der Waals surface area contributed by atoms with E-state index in [-0.39, 0.29) is 0 Å². The molecule has 2 atom stereocenters. The highest BCUT2D eigenvalue weighted by Crippen LogP contribution is 2.56. The Balaban J connectivity index is 3.42. The molecule has 1 N–H and O–H groups in total. The van der Waals surface area contributed by atoms with Gasteiger partial charge in [0.1, 0.15) is 6.10 Å². The van der Waals surface area contributed by atoms with Crippen LogP contribution in [0.1, 0.15) is 11.7 Å². The zero-order valence-electron chi connectivity index (χ0n) is 10.7. The smallest absolute Gasteiger partial charge is 0.384 e. The molecule has 0 bridgehead atoms. The highest BCUT2D eigenvalue weighted by molar-refractivity contribution is 5.27. The van der Waals surface area contributed by atoms with Crippen molar-refractivity contribution in [3.63, 3.8) is 0 Å². The lowest BCUT2D eigenvalue weighted by Crippen LogP contribution is -2.63. The van der Waals surface area contributed by atoms with Crippen LogP contribution in [0.5, 0.6) is 0 Å². The van der Waals surface area contributed by atoms with Gasteiger partial charge in [-0.3, -0.25) is 0 Å². The molecule has 1 rings (SSSR count). The van der Waals surface area contributed by atoms with Crippen LogP contribution in [0.15, 0.2) is 43.0 Å². The van der Waals surface area contributed by atoms with Crippen LogP contribution >= 0.6 is 0 Å². The van der Waals surface area contributed by atoms with E-state index < -0.39 is 41.4 Å². The maximum Gasteiger partial charge on any atom is 0.460 e. The van der Waals surface area contributed by atoms with Crippen LogP contribution in [0.4, 0.5) is 35.1 Å². The third-order valence-corrected chi connectivity index (χ3v) is 3.04. The molecule has 0 unspecified atom stereocenters. The SMILES string of the molecule is C=C[C@@](F)([C@@H](O)c1ccccc1)C(F)(F)C(F)(F)C(F)(F)F. The molecule has 1 nitrogen and oxygen atoms in total. The number of alkyl halides is 8. The molecule has 0 saturated heterocycles. The van der Waals surface area contributed by atoms with Crippen LogP contribution in [0.2, 0.25) is 0 Å². The molecule has 124 valence electrons. The first-order chi connectivity index (χ1) is 9.83. The number of hydrogen-bond acceptors (Lipinski definition) is 1. The quantitative estimate of drug-likeness (QED) is 0.623. The Kier molecular flexibility index (Phi) is 4.63. The third-order valence-electron chi connectivity index (χ3n) is 3.04. The minimum atomic E-state index is -6.72. The Morgan fingerprint density at radius 1 is 0.864 bits per heavy atom. The zero-order valence-corrected chi connectivity index (χ0v) is 10.7. The number of halogens is 8. The van der Waals surface area contributed by atoms with Gasteiger partial charge in [0.25, 0.3) is 0 Å². The Bertz CT molecular complexity index is 525. The molecule has 0 heterocycles. The summed E-state index contributed by atoms with van der Waals surface area (Å²) < 4.78 is 104. The number of rotatable bonds is 5. The largest absolute Gasteiger partial charge is 0.460 e. The topological polar surface area (TPSA) is 20.2 Å². The molecule has 0 aromatic heterocycles. The second-order valence-electron chi connectivity index (χ2n) is 4.43. The fourth-order valence-corrected chi connectivity index (χ4v) is 1.71. The summed E-state index contributed by atoms with van der Waals surface area (Å²) >= 11 is 0. The molecular weight excluding hydrogens is 324 g/mol. The molecule has 0 aliphatic carbocycles. The van der Waals surface area contributed by atoms with Gasteiger partial charge >= 0.3 is 18.0 Å². The molecule has 9 heteroatoms. The first-order valence-electron chi connectivity index (χ1n) is 5.71. The van der Waals surface area contributed by atoms with Gasteiger partial charge in [-0.25, -0.2) is 4.39 Å². The summed E-state index contributed by atoms with van der Waals surface area (Å²) in [4.78, 5) is 0. The Morgan fingerprint density at radius 2 is 1.32 bits per heavy atom. The van der Waals surface area contributed by atoms with Gasteiger partial charge in [0, 0.05) is 0 Å². The molecule has 0 fully saturated rings. The summed E-state index contributed by atoms with van der Waals surface area (Å²) in [5, 5.41) is 9.58. The lowest BCUT2D eigenvalue weighted by atomic mass is 9.83. The summed E-state index contributed by atoms with van der Waals surface area (Å²) in [6.07, 6.45) is -10.1. The van der Waals surface area contributed by atoms with Crippen LogP contribution in [0, 0.1) is 0 Å². The summed E-state index contributed by atoms with van der Waals surface area (Å²) in [5.41, 5.74) is -5.35. The second kappa shape index (κ2) is 5.53. The minimum absolute atomic E-state index is 0.454. The summed E-state index contributed by atoms with van der Waals surface area (Å²) in [6.45, 7) is 2.53. The predicted molar refractivity (Wildman–Crippen MR) is 61.4 cm³/mol. The van der Waals surface area contributed by atoms with Gasteiger partial charge in [-0.2, -0.15) is 30.7 Å². The van der Waals surface area contributed by atoms with Crippen molar-refractivity contribution in [3.8, 4) is 0 Å². The van der Waals surface area contributed by atoms with E-state index in [1.54, 1.807) is 0 Å². The number of hydrogen-bond donors (Lipinski definition) is 1. The van der Waals surface area contributed by atoms with Gasteiger partial charge in [0.2, 0.25) is 5.67 Å². The van der Waals surface area contributed by atoms with E-state index in [9.17, 15) is 40.2 Å². The van der Waals surface area contributed by atoms with Crippen molar-refractivity contribution in [1.29, 1.82) is 0 Å². The maximum atomic E-state index is 14.3. The Hall–Kier alpha value is -1.64. The number of aliphatic hydroxyl groups excluding tert-OH is 1. The second-order valence-corrected chi connectivity index (χ2v) is 4.43. The molecule has 0 aliphatic heterocycles. The number of benzene rings is 1. The Labute approximate surface area is 119 Å². The van der Waals surface area contributed by atoms with E-state index in [0.717, 1.165) is 24.3 Å². The van der Waals surface area contributed by atoms with E-state index in [2.05, 4.69) is 6.58 Å². The van der Waals surface area contributed by atoms with Crippen LogP contribution in [-0.2, 0) is 0 Å². The first kappa shape index (κ1) is 18.4. The van der Waals surface area contributed by atoms with Crippen molar-refractivity contribution in [2.24, 2.45) is 0 Å². The fraction of sp³-hybridized carbons (Fsp3) is 0.385. The molecule has 0 aliphatic rings. The van der Waals surface area contributed by atoms with Crippen molar-refractivity contribution >= 4 is 0 Å². The van der Waals surface area contributed by atoms with Crippen molar-refractivity contribution in [2.45, 2.75) is 29.8 Å². The van der Waals surface area contributed by atoms with Crippen LogP contribution in [-0.4, -0.2) is 28.8 Å². The minimum Gasteiger partial charge on any atom is -0.384 e. The summed E-state index contributed by atoms with van der Waals surface area (Å²) in [6, 6.07) is 5.44. The molecule has 1 aromatic rings. The van der Waals surface area contributed by atoms with Gasteiger partial charge in [-0.05, 0) is 11.6 Å². The van der Waals surface area contributed by atoms with Crippen LogP contribution in [0.25, 0.3) is 0 Å².